The topological polar surface area (TPSA) is 49.4 Å². The molecule has 0 aliphatic carbocycles. The summed E-state index contributed by atoms with van der Waals surface area (Å²) in [5, 5.41) is 2.36. The van der Waals surface area contributed by atoms with Gasteiger partial charge >= 0.3 is 0 Å². The molecule has 1 aliphatic heterocycles. The fourth-order valence-corrected chi connectivity index (χ4v) is 1.76. The van der Waals surface area contributed by atoms with Crippen LogP contribution in [-0.4, -0.2) is 43.8 Å². The number of hydrogen-bond donors (Lipinski definition) is 1. The summed E-state index contributed by atoms with van der Waals surface area (Å²) in [7, 11) is 3.58. The number of rotatable bonds is 3. The van der Waals surface area contributed by atoms with E-state index in [1.807, 2.05) is 0 Å². The Hall–Kier alpha value is -0.900. The molecule has 1 aliphatic rings. The third kappa shape index (κ3) is 3.10. The molecule has 0 bridgehead atoms. The molecular formula is C10H18N2O2. The zero-order valence-corrected chi connectivity index (χ0v) is 8.88. The number of hydrogen-bond acceptors (Lipinski definition) is 3. The average Bonchev–Trinajstić information content (AvgIpc) is 2.20. The Kier molecular flexibility index (Phi) is 4.07. The Morgan fingerprint density at radius 3 is 2.43 bits per heavy atom. The van der Waals surface area contributed by atoms with Crippen LogP contribution in [0.25, 0.3) is 0 Å². The van der Waals surface area contributed by atoms with Crippen LogP contribution < -0.4 is 5.32 Å². The summed E-state index contributed by atoms with van der Waals surface area (Å²) in [4.78, 5) is 24.5. The van der Waals surface area contributed by atoms with Gasteiger partial charge in [0.05, 0.1) is 0 Å². The van der Waals surface area contributed by atoms with Crippen molar-refractivity contribution < 1.29 is 9.59 Å². The van der Waals surface area contributed by atoms with Gasteiger partial charge < -0.3 is 10.2 Å². The minimum atomic E-state index is -0.455. The Morgan fingerprint density at radius 2 is 1.93 bits per heavy atom. The summed E-state index contributed by atoms with van der Waals surface area (Å²) in [6, 6.07) is 0. The molecule has 0 saturated carbocycles. The summed E-state index contributed by atoms with van der Waals surface area (Å²) in [5.41, 5.74) is 0. The van der Waals surface area contributed by atoms with E-state index in [4.69, 9.17) is 0 Å². The van der Waals surface area contributed by atoms with E-state index in [1.54, 1.807) is 0 Å². The number of carbonyl (C=O) groups is 2. The van der Waals surface area contributed by atoms with E-state index < -0.39 is 5.91 Å². The van der Waals surface area contributed by atoms with E-state index in [-0.39, 0.29) is 5.78 Å². The molecule has 1 fully saturated rings. The fraction of sp³-hybridized carbons (Fsp3) is 0.800. The van der Waals surface area contributed by atoms with Crippen LogP contribution in [-0.2, 0) is 9.59 Å². The van der Waals surface area contributed by atoms with Crippen LogP contribution in [0.15, 0.2) is 0 Å². The molecule has 0 aromatic heterocycles. The lowest BCUT2D eigenvalue weighted by atomic mass is 9.92. The molecule has 14 heavy (non-hydrogen) atoms. The highest BCUT2D eigenvalue weighted by Crippen LogP contribution is 2.19. The summed E-state index contributed by atoms with van der Waals surface area (Å²) in [6.45, 7) is 2.07. The quantitative estimate of drug-likeness (QED) is 0.651. The van der Waals surface area contributed by atoms with Gasteiger partial charge in [-0.3, -0.25) is 9.59 Å². The highest BCUT2D eigenvalue weighted by atomic mass is 16.2. The third-order valence-electron chi connectivity index (χ3n) is 2.79. The average molecular weight is 198 g/mol. The molecule has 80 valence electrons. The van der Waals surface area contributed by atoms with Gasteiger partial charge in [-0.05, 0) is 38.9 Å². The van der Waals surface area contributed by atoms with Crippen LogP contribution in [0.1, 0.15) is 19.3 Å². The number of ketones is 1. The Labute approximate surface area is 84.7 Å². The molecule has 0 unspecified atom stereocenters. The molecule has 4 heteroatoms. The number of piperidine rings is 1. The summed E-state index contributed by atoms with van der Waals surface area (Å²) in [5.74, 6) is -0.331. The van der Waals surface area contributed by atoms with Gasteiger partial charge in [0, 0.05) is 13.5 Å². The van der Waals surface area contributed by atoms with Crippen LogP contribution in [0.4, 0.5) is 0 Å². The number of likely N-dealkylation sites (N-methyl/N-ethyl adjacent to an activating group) is 1. The predicted octanol–water partition coefficient (Wildman–Crippen LogP) is 0.0334. The molecule has 0 spiro atoms. The number of likely N-dealkylation sites (tertiary alicyclic amines) is 1. The Bertz CT molecular complexity index is 220. The van der Waals surface area contributed by atoms with Gasteiger partial charge in [0.2, 0.25) is 5.78 Å². The number of nitrogens with zero attached hydrogens (tertiary/aromatic N) is 1. The van der Waals surface area contributed by atoms with Crippen LogP contribution in [0.2, 0.25) is 0 Å². The summed E-state index contributed by atoms with van der Waals surface area (Å²) >= 11 is 0. The molecule has 1 rings (SSSR count). The minimum Gasteiger partial charge on any atom is -0.353 e. The summed E-state index contributed by atoms with van der Waals surface area (Å²) in [6.07, 6.45) is 2.46. The van der Waals surface area contributed by atoms with Gasteiger partial charge in [-0.1, -0.05) is 0 Å². The molecule has 0 aromatic carbocycles. The summed E-state index contributed by atoms with van der Waals surface area (Å²) < 4.78 is 0. The Morgan fingerprint density at radius 1 is 1.36 bits per heavy atom. The second-order valence-electron chi connectivity index (χ2n) is 3.95. The maximum Gasteiger partial charge on any atom is 0.287 e. The van der Waals surface area contributed by atoms with Crippen LogP contribution in [0.3, 0.4) is 0 Å². The number of amides is 1. The van der Waals surface area contributed by atoms with Crippen molar-refractivity contribution in [2.45, 2.75) is 19.3 Å². The van der Waals surface area contributed by atoms with Gasteiger partial charge in [-0.2, -0.15) is 0 Å². The molecule has 0 aromatic rings. The zero-order valence-electron chi connectivity index (χ0n) is 8.88. The fourth-order valence-electron chi connectivity index (χ4n) is 1.76. The van der Waals surface area contributed by atoms with Gasteiger partial charge in [0.25, 0.3) is 5.91 Å². The second kappa shape index (κ2) is 5.10. The van der Waals surface area contributed by atoms with Crippen molar-refractivity contribution in [3.8, 4) is 0 Å². The van der Waals surface area contributed by atoms with Crippen molar-refractivity contribution in [2.75, 3.05) is 27.2 Å². The monoisotopic (exact) mass is 198 g/mol. The van der Waals surface area contributed by atoms with Gasteiger partial charge in [0.15, 0.2) is 0 Å². The van der Waals surface area contributed by atoms with Crippen molar-refractivity contribution in [3.05, 3.63) is 0 Å². The first-order chi connectivity index (χ1) is 6.63. The molecule has 0 atom stereocenters. The van der Waals surface area contributed by atoms with Crippen molar-refractivity contribution in [1.29, 1.82) is 0 Å². The lowest BCUT2D eigenvalue weighted by Gasteiger charge is -2.28. The maximum atomic E-state index is 11.3. The van der Waals surface area contributed by atoms with Crippen LogP contribution in [0, 0.1) is 5.92 Å². The lowest BCUT2D eigenvalue weighted by Crippen LogP contribution is -2.34. The van der Waals surface area contributed by atoms with E-state index in [0.29, 0.717) is 12.3 Å². The molecular weight excluding hydrogens is 180 g/mol. The van der Waals surface area contributed by atoms with Crippen molar-refractivity contribution in [2.24, 2.45) is 5.92 Å². The van der Waals surface area contributed by atoms with Crippen molar-refractivity contribution in [1.82, 2.24) is 10.2 Å². The molecule has 1 heterocycles. The molecule has 0 radical (unpaired) electrons. The molecule has 1 saturated heterocycles. The van der Waals surface area contributed by atoms with Gasteiger partial charge in [0.1, 0.15) is 0 Å². The standard InChI is InChI=1S/C10H18N2O2/c1-11-10(14)9(13)7-8-3-5-12(2)6-4-8/h8H,3-7H2,1-2H3,(H,11,14). The first-order valence-corrected chi connectivity index (χ1v) is 5.07. The van der Waals surface area contributed by atoms with E-state index >= 15 is 0 Å². The van der Waals surface area contributed by atoms with E-state index in [2.05, 4.69) is 17.3 Å². The highest BCUT2D eigenvalue weighted by Gasteiger charge is 2.22. The first-order valence-electron chi connectivity index (χ1n) is 5.07. The zero-order chi connectivity index (χ0) is 10.6. The largest absolute Gasteiger partial charge is 0.353 e. The van der Waals surface area contributed by atoms with Crippen molar-refractivity contribution >= 4 is 11.7 Å². The SMILES string of the molecule is CNC(=O)C(=O)CC1CCN(C)CC1. The van der Waals surface area contributed by atoms with E-state index in [0.717, 1.165) is 25.9 Å². The predicted molar refractivity (Wildman–Crippen MR) is 53.9 cm³/mol. The van der Waals surface area contributed by atoms with Gasteiger partial charge in [-0.15, -0.1) is 0 Å². The maximum absolute atomic E-state index is 11.3. The third-order valence-corrected chi connectivity index (χ3v) is 2.79. The molecule has 1 amide bonds. The van der Waals surface area contributed by atoms with E-state index in [1.165, 1.54) is 7.05 Å². The lowest BCUT2D eigenvalue weighted by molar-refractivity contribution is -0.138. The molecule has 1 N–H and O–H groups in total. The first kappa shape index (κ1) is 11.2. The normalized spacial score (nSPS) is 19.3. The second-order valence-corrected chi connectivity index (χ2v) is 3.95. The number of Topliss-reactive ketones (excluding diaryl/α,β-unsaturated/α-hetero) is 1. The van der Waals surface area contributed by atoms with Crippen molar-refractivity contribution in [3.63, 3.8) is 0 Å². The number of nitrogens with one attached hydrogen (secondary N) is 1. The van der Waals surface area contributed by atoms with Gasteiger partial charge in [-0.25, -0.2) is 0 Å². The highest BCUT2D eigenvalue weighted by molar-refractivity contribution is 6.36. The smallest absolute Gasteiger partial charge is 0.287 e. The number of carbonyl (C=O) groups excluding carboxylic acids is 2. The van der Waals surface area contributed by atoms with Crippen LogP contribution in [0.5, 0.6) is 0 Å². The van der Waals surface area contributed by atoms with Crippen LogP contribution >= 0.6 is 0 Å². The Balaban J connectivity index is 2.31. The van der Waals surface area contributed by atoms with E-state index in [9.17, 15) is 9.59 Å². The molecule has 4 nitrogen and oxygen atoms in total. The minimum absolute atomic E-state index is 0.276.